The Hall–Kier alpha value is -0.640. The third kappa shape index (κ3) is 1.89. The third-order valence-electron chi connectivity index (χ3n) is 1.22. The Bertz CT molecular complexity index is 236. The standard InChI is InChI=1S/C7H12N3S/c1-7(2,3)5-9-10-6(8-4)11-5/h4H2,1-3H3,(H,8,10). The molecule has 1 rings (SSSR count). The van der Waals surface area contributed by atoms with Crippen LogP contribution >= 0.6 is 11.3 Å². The minimum Gasteiger partial charge on any atom is -0.358 e. The summed E-state index contributed by atoms with van der Waals surface area (Å²) < 4.78 is 0. The van der Waals surface area contributed by atoms with Crippen LogP contribution in [0.4, 0.5) is 5.13 Å². The zero-order valence-electron chi connectivity index (χ0n) is 7.01. The summed E-state index contributed by atoms with van der Waals surface area (Å²) in [5, 5.41) is 12.4. The van der Waals surface area contributed by atoms with Crippen LogP contribution in [0.1, 0.15) is 25.8 Å². The average molecular weight is 170 g/mol. The maximum Gasteiger partial charge on any atom is 0.205 e. The van der Waals surface area contributed by atoms with Crippen molar-refractivity contribution < 1.29 is 0 Å². The molecule has 4 heteroatoms. The van der Waals surface area contributed by atoms with Crippen molar-refractivity contribution in [1.82, 2.24) is 10.2 Å². The van der Waals surface area contributed by atoms with Crippen LogP contribution in [0, 0.1) is 7.05 Å². The van der Waals surface area contributed by atoms with E-state index in [9.17, 15) is 0 Å². The van der Waals surface area contributed by atoms with Gasteiger partial charge in [0.25, 0.3) is 0 Å². The van der Waals surface area contributed by atoms with E-state index in [1.807, 2.05) is 0 Å². The van der Waals surface area contributed by atoms with E-state index >= 15 is 0 Å². The molecule has 0 amide bonds. The molecule has 1 aromatic rings. The quantitative estimate of drug-likeness (QED) is 0.701. The normalized spacial score (nSPS) is 11.6. The number of hydrogen-bond donors (Lipinski definition) is 1. The van der Waals surface area contributed by atoms with Crippen molar-refractivity contribution in [3.8, 4) is 0 Å². The molecule has 0 saturated carbocycles. The number of aromatic nitrogens is 2. The predicted molar refractivity (Wildman–Crippen MR) is 47.6 cm³/mol. The van der Waals surface area contributed by atoms with Crippen LogP contribution in [-0.4, -0.2) is 10.2 Å². The molecule has 0 unspecified atom stereocenters. The van der Waals surface area contributed by atoms with Gasteiger partial charge < -0.3 is 5.32 Å². The van der Waals surface area contributed by atoms with E-state index in [2.05, 4.69) is 43.3 Å². The first-order chi connectivity index (χ1) is 5.04. The SMILES string of the molecule is [CH2]Nc1nnc(C(C)(C)C)s1. The van der Waals surface area contributed by atoms with Crippen LogP contribution < -0.4 is 5.32 Å². The highest BCUT2D eigenvalue weighted by Crippen LogP contribution is 2.27. The lowest BCUT2D eigenvalue weighted by atomic mass is 9.98. The Morgan fingerprint density at radius 3 is 2.27 bits per heavy atom. The minimum absolute atomic E-state index is 0.0900. The van der Waals surface area contributed by atoms with Crippen molar-refractivity contribution in [2.45, 2.75) is 26.2 Å². The first-order valence-corrected chi connectivity index (χ1v) is 4.23. The Morgan fingerprint density at radius 2 is 2.00 bits per heavy atom. The van der Waals surface area contributed by atoms with Gasteiger partial charge in [-0.25, -0.2) is 0 Å². The van der Waals surface area contributed by atoms with E-state index in [0.29, 0.717) is 0 Å². The molecular weight excluding hydrogens is 158 g/mol. The second kappa shape index (κ2) is 2.77. The van der Waals surface area contributed by atoms with E-state index in [4.69, 9.17) is 0 Å². The number of anilines is 1. The average Bonchev–Trinajstić information content (AvgIpc) is 2.32. The largest absolute Gasteiger partial charge is 0.358 e. The van der Waals surface area contributed by atoms with Crippen molar-refractivity contribution in [2.75, 3.05) is 5.32 Å². The van der Waals surface area contributed by atoms with Gasteiger partial charge in [0.15, 0.2) is 0 Å². The summed E-state index contributed by atoms with van der Waals surface area (Å²) in [5.41, 5.74) is 0.0900. The van der Waals surface area contributed by atoms with Gasteiger partial charge in [0.2, 0.25) is 5.13 Å². The summed E-state index contributed by atoms with van der Waals surface area (Å²) in [6.45, 7) is 6.33. The van der Waals surface area contributed by atoms with Crippen LogP contribution in [0.2, 0.25) is 0 Å². The molecule has 1 radical (unpaired) electrons. The second-order valence-electron chi connectivity index (χ2n) is 3.34. The maximum atomic E-state index is 4.02. The number of hydrogen-bond acceptors (Lipinski definition) is 4. The van der Waals surface area contributed by atoms with E-state index < -0.39 is 0 Å². The fourth-order valence-corrected chi connectivity index (χ4v) is 1.32. The first kappa shape index (κ1) is 8.46. The highest BCUT2D eigenvalue weighted by atomic mass is 32.1. The second-order valence-corrected chi connectivity index (χ2v) is 4.32. The highest BCUT2D eigenvalue weighted by Gasteiger charge is 2.18. The molecule has 0 atom stereocenters. The summed E-state index contributed by atoms with van der Waals surface area (Å²) in [7, 11) is 3.51. The van der Waals surface area contributed by atoms with Crippen LogP contribution in [-0.2, 0) is 5.41 Å². The lowest BCUT2D eigenvalue weighted by molar-refractivity contribution is 0.578. The molecule has 0 bridgehead atoms. The summed E-state index contributed by atoms with van der Waals surface area (Å²) >= 11 is 1.54. The number of nitrogens with zero attached hydrogens (tertiary/aromatic N) is 2. The molecule has 0 saturated heterocycles. The minimum atomic E-state index is 0.0900. The van der Waals surface area contributed by atoms with Gasteiger partial charge >= 0.3 is 0 Å². The maximum absolute atomic E-state index is 4.02. The number of rotatable bonds is 1. The molecule has 0 spiro atoms. The smallest absolute Gasteiger partial charge is 0.205 e. The Morgan fingerprint density at radius 1 is 1.36 bits per heavy atom. The molecular formula is C7H12N3S. The van der Waals surface area contributed by atoms with Crippen LogP contribution in [0.5, 0.6) is 0 Å². The van der Waals surface area contributed by atoms with Gasteiger partial charge in [0.05, 0.1) is 0 Å². The molecule has 0 aliphatic carbocycles. The molecule has 1 N–H and O–H groups in total. The Kier molecular flexibility index (Phi) is 2.13. The van der Waals surface area contributed by atoms with E-state index in [0.717, 1.165) is 10.1 Å². The van der Waals surface area contributed by atoms with Gasteiger partial charge in [-0.3, -0.25) is 0 Å². The summed E-state index contributed by atoms with van der Waals surface area (Å²) in [6, 6.07) is 0. The van der Waals surface area contributed by atoms with Gasteiger partial charge in [-0.1, -0.05) is 32.1 Å². The third-order valence-corrected chi connectivity index (χ3v) is 2.52. The molecule has 1 aromatic heterocycles. The van der Waals surface area contributed by atoms with Crippen molar-refractivity contribution >= 4 is 16.5 Å². The Labute approximate surface area is 70.9 Å². The van der Waals surface area contributed by atoms with Gasteiger partial charge in [0, 0.05) is 12.5 Å². The molecule has 3 nitrogen and oxygen atoms in total. The summed E-state index contributed by atoms with van der Waals surface area (Å²) in [4.78, 5) is 0. The van der Waals surface area contributed by atoms with Crippen molar-refractivity contribution in [1.29, 1.82) is 0 Å². The Balaban J connectivity index is 2.89. The summed E-state index contributed by atoms with van der Waals surface area (Å²) in [5.74, 6) is 0. The molecule has 11 heavy (non-hydrogen) atoms. The van der Waals surface area contributed by atoms with Crippen LogP contribution in [0.15, 0.2) is 0 Å². The molecule has 0 aromatic carbocycles. The highest BCUT2D eigenvalue weighted by molar-refractivity contribution is 7.15. The summed E-state index contributed by atoms with van der Waals surface area (Å²) in [6.07, 6.45) is 0. The molecule has 0 aliphatic rings. The van der Waals surface area contributed by atoms with Crippen molar-refractivity contribution in [2.24, 2.45) is 0 Å². The van der Waals surface area contributed by atoms with Gasteiger partial charge in [-0.2, -0.15) is 0 Å². The van der Waals surface area contributed by atoms with E-state index in [1.165, 1.54) is 0 Å². The monoisotopic (exact) mass is 170 g/mol. The fourth-order valence-electron chi connectivity index (χ4n) is 0.598. The fraction of sp³-hybridized carbons (Fsp3) is 0.571. The zero-order valence-corrected chi connectivity index (χ0v) is 7.83. The lowest BCUT2D eigenvalue weighted by Gasteiger charge is -2.12. The molecule has 0 aliphatic heterocycles. The molecule has 0 fully saturated rings. The van der Waals surface area contributed by atoms with Gasteiger partial charge in [0.1, 0.15) is 5.01 Å². The molecule has 61 valence electrons. The first-order valence-electron chi connectivity index (χ1n) is 3.41. The van der Waals surface area contributed by atoms with Crippen LogP contribution in [0.25, 0.3) is 0 Å². The van der Waals surface area contributed by atoms with Gasteiger partial charge in [-0.05, 0) is 0 Å². The topological polar surface area (TPSA) is 37.8 Å². The zero-order chi connectivity index (χ0) is 8.48. The van der Waals surface area contributed by atoms with Crippen molar-refractivity contribution in [3.63, 3.8) is 0 Å². The lowest BCUT2D eigenvalue weighted by Crippen LogP contribution is -2.10. The van der Waals surface area contributed by atoms with Crippen LogP contribution in [0.3, 0.4) is 0 Å². The predicted octanol–water partition coefficient (Wildman–Crippen LogP) is 2.04. The number of nitrogens with one attached hydrogen (secondary N) is 1. The van der Waals surface area contributed by atoms with E-state index in [1.54, 1.807) is 11.3 Å². The molecule has 1 heterocycles. The van der Waals surface area contributed by atoms with E-state index in [-0.39, 0.29) is 5.41 Å². The van der Waals surface area contributed by atoms with Crippen molar-refractivity contribution in [3.05, 3.63) is 12.1 Å². The van der Waals surface area contributed by atoms with Gasteiger partial charge in [-0.15, -0.1) is 10.2 Å².